The predicted octanol–water partition coefficient (Wildman–Crippen LogP) is 2.01. The van der Waals surface area contributed by atoms with Crippen molar-refractivity contribution in [3.8, 4) is 11.8 Å². The summed E-state index contributed by atoms with van der Waals surface area (Å²) in [6.07, 6.45) is 1.73. The summed E-state index contributed by atoms with van der Waals surface area (Å²) >= 11 is 3.25. The number of imidazole rings is 1. The maximum Gasteiger partial charge on any atom is 0.177 e. The van der Waals surface area contributed by atoms with E-state index < -0.39 is 0 Å². The van der Waals surface area contributed by atoms with Crippen molar-refractivity contribution in [1.82, 2.24) is 15.0 Å². The van der Waals surface area contributed by atoms with Crippen LogP contribution >= 0.6 is 15.9 Å². The van der Waals surface area contributed by atoms with Crippen LogP contribution in [0.2, 0.25) is 0 Å². The Morgan fingerprint density at radius 1 is 1.57 bits per heavy atom. The van der Waals surface area contributed by atoms with Crippen LogP contribution in [0.25, 0.3) is 11.2 Å². The van der Waals surface area contributed by atoms with E-state index in [-0.39, 0.29) is 0 Å². The van der Waals surface area contributed by atoms with Crippen molar-refractivity contribution in [3.63, 3.8) is 0 Å². The SMILES string of the molecule is Cc1nc2ncc(C#CCBr)cc2[nH]1. The summed E-state index contributed by atoms with van der Waals surface area (Å²) < 4.78 is 0. The maximum absolute atomic E-state index is 4.21. The molecule has 14 heavy (non-hydrogen) atoms. The topological polar surface area (TPSA) is 41.6 Å². The smallest absolute Gasteiger partial charge is 0.177 e. The molecule has 2 aromatic heterocycles. The van der Waals surface area contributed by atoms with Crippen molar-refractivity contribution >= 4 is 27.1 Å². The fourth-order valence-electron chi connectivity index (χ4n) is 1.22. The Bertz CT molecular complexity index is 519. The van der Waals surface area contributed by atoms with E-state index in [2.05, 4.69) is 42.7 Å². The van der Waals surface area contributed by atoms with Gasteiger partial charge in [0.1, 0.15) is 5.82 Å². The number of alkyl halides is 1. The summed E-state index contributed by atoms with van der Waals surface area (Å²) in [6, 6.07) is 1.96. The van der Waals surface area contributed by atoms with Gasteiger partial charge in [-0.05, 0) is 13.0 Å². The number of H-pyrrole nitrogens is 1. The number of aryl methyl sites for hydroxylation is 1. The normalized spacial score (nSPS) is 9.86. The number of halogens is 1. The lowest BCUT2D eigenvalue weighted by molar-refractivity contribution is 1.16. The van der Waals surface area contributed by atoms with Crippen LogP contribution in [-0.2, 0) is 0 Å². The van der Waals surface area contributed by atoms with Crippen LogP contribution < -0.4 is 0 Å². The molecule has 0 spiro atoms. The number of pyridine rings is 1. The predicted molar refractivity (Wildman–Crippen MR) is 59.3 cm³/mol. The van der Waals surface area contributed by atoms with E-state index in [1.807, 2.05) is 13.0 Å². The van der Waals surface area contributed by atoms with E-state index in [0.29, 0.717) is 5.33 Å². The lowest BCUT2D eigenvalue weighted by Gasteiger charge is -1.88. The maximum atomic E-state index is 4.21. The van der Waals surface area contributed by atoms with Crippen molar-refractivity contribution in [2.45, 2.75) is 6.92 Å². The van der Waals surface area contributed by atoms with Gasteiger partial charge in [-0.25, -0.2) is 9.97 Å². The van der Waals surface area contributed by atoms with Gasteiger partial charge in [0.25, 0.3) is 0 Å². The molecule has 70 valence electrons. The molecule has 0 aliphatic carbocycles. The van der Waals surface area contributed by atoms with Crippen LogP contribution in [0.3, 0.4) is 0 Å². The van der Waals surface area contributed by atoms with Crippen LogP contribution in [0, 0.1) is 18.8 Å². The standard InChI is InChI=1S/C10H8BrN3/c1-7-13-9-5-8(3-2-4-11)6-12-10(9)14-7/h5-6H,4H2,1H3,(H,12,13,14). The minimum Gasteiger partial charge on any atom is -0.341 e. The van der Waals surface area contributed by atoms with E-state index >= 15 is 0 Å². The highest BCUT2D eigenvalue weighted by atomic mass is 79.9. The molecule has 0 saturated carbocycles. The van der Waals surface area contributed by atoms with E-state index in [9.17, 15) is 0 Å². The Kier molecular flexibility index (Phi) is 2.51. The molecular weight excluding hydrogens is 242 g/mol. The average molecular weight is 250 g/mol. The number of aromatic amines is 1. The highest BCUT2D eigenvalue weighted by molar-refractivity contribution is 9.09. The third kappa shape index (κ3) is 1.78. The summed E-state index contributed by atoms with van der Waals surface area (Å²) in [7, 11) is 0. The molecule has 2 heterocycles. The van der Waals surface area contributed by atoms with Gasteiger partial charge in [0.15, 0.2) is 5.65 Å². The molecule has 0 aromatic carbocycles. The molecule has 3 nitrogen and oxygen atoms in total. The number of hydrogen-bond donors (Lipinski definition) is 1. The Morgan fingerprint density at radius 3 is 3.21 bits per heavy atom. The first-order valence-corrected chi connectivity index (χ1v) is 5.29. The highest BCUT2D eigenvalue weighted by Crippen LogP contribution is 2.09. The first-order chi connectivity index (χ1) is 6.79. The summed E-state index contributed by atoms with van der Waals surface area (Å²) in [4.78, 5) is 11.5. The largest absolute Gasteiger partial charge is 0.341 e. The molecule has 0 aliphatic rings. The monoisotopic (exact) mass is 249 g/mol. The molecule has 1 N–H and O–H groups in total. The van der Waals surface area contributed by atoms with Gasteiger partial charge >= 0.3 is 0 Å². The Labute approximate surface area is 90.1 Å². The van der Waals surface area contributed by atoms with Crippen LogP contribution in [0.15, 0.2) is 12.3 Å². The molecule has 0 radical (unpaired) electrons. The number of fused-ring (bicyclic) bond motifs is 1. The molecule has 0 aliphatic heterocycles. The molecule has 0 saturated heterocycles. The zero-order valence-electron chi connectivity index (χ0n) is 7.63. The van der Waals surface area contributed by atoms with E-state index in [4.69, 9.17) is 0 Å². The second kappa shape index (κ2) is 3.81. The van der Waals surface area contributed by atoms with Crippen molar-refractivity contribution in [3.05, 3.63) is 23.7 Å². The molecule has 4 heteroatoms. The Hall–Kier alpha value is -1.34. The van der Waals surface area contributed by atoms with Gasteiger partial charge < -0.3 is 4.98 Å². The minimum absolute atomic E-state index is 0.674. The lowest BCUT2D eigenvalue weighted by Crippen LogP contribution is -1.80. The molecule has 0 unspecified atom stereocenters. The first kappa shape index (κ1) is 9.22. The number of hydrogen-bond acceptors (Lipinski definition) is 2. The third-order valence-electron chi connectivity index (χ3n) is 1.76. The van der Waals surface area contributed by atoms with Gasteiger partial charge in [0.2, 0.25) is 0 Å². The quantitative estimate of drug-likeness (QED) is 0.574. The number of nitrogens with zero attached hydrogens (tertiary/aromatic N) is 2. The minimum atomic E-state index is 0.674. The molecule has 2 aromatic rings. The van der Waals surface area contributed by atoms with E-state index in [1.165, 1.54) is 0 Å². The molecule has 0 amide bonds. The summed E-state index contributed by atoms with van der Waals surface area (Å²) in [6.45, 7) is 1.91. The van der Waals surface area contributed by atoms with E-state index in [0.717, 1.165) is 22.6 Å². The average Bonchev–Trinajstić information content (AvgIpc) is 2.54. The van der Waals surface area contributed by atoms with Crippen LogP contribution in [0.1, 0.15) is 11.4 Å². The second-order valence-corrected chi connectivity index (χ2v) is 3.41. The Balaban J connectivity index is 2.50. The van der Waals surface area contributed by atoms with Gasteiger partial charge in [-0.1, -0.05) is 27.8 Å². The number of aromatic nitrogens is 3. The molecule has 2 rings (SSSR count). The molecule has 0 fully saturated rings. The molecule has 0 atom stereocenters. The Morgan fingerprint density at radius 2 is 2.43 bits per heavy atom. The zero-order valence-corrected chi connectivity index (χ0v) is 9.22. The van der Waals surface area contributed by atoms with E-state index in [1.54, 1.807) is 6.20 Å². The van der Waals surface area contributed by atoms with Gasteiger partial charge in [-0.2, -0.15) is 0 Å². The molecular formula is C10H8BrN3. The fraction of sp³-hybridized carbons (Fsp3) is 0.200. The van der Waals surface area contributed by atoms with Crippen molar-refractivity contribution in [1.29, 1.82) is 0 Å². The van der Waals surface area contributed by atoms with Gasteiger partial charge in [-0.3, -0.25) is 0 Å². The van der Waals surface area contributed by atoms with Crippen LogP contribution in [-0.4, -0.2) is 20.3 Å². The summed E-state index contributed by atoms with van der Waals surface area (Å²) in [5, 5.41) is 0.674. The van der Waals surface area contributed by atoms with Gasteiger partial charge in [0, 0.05) is 11.8 Å². The summed E-state index contributed by atoms with van der Waals surface area (Å²) in [5.41, 5.74) is 2.58. The third-order valence-corrected chi connectivity index (χ3v) is 2.04. The van der Waals surface area contributed by atoms with Crippen LogP contribution in [0.4, 0.5) is 0 Å². The van der Waals surface area contributed by atoms with Crippen molar-refractivity contribution in [2.24, 2.45) is 0 Å². The number of rotatable bonds is 0. The second-order valence-electron chi connectivity index (χ2n) is 2.85. The highest BCUT2D eigenvalue weighted by Gasteiger charge is 1.99. The molecule has 0 bridgehead atoms. The zero-order chi connectivity index (χ0) is 9.97. The van der Waals surface area contributed by atoms with Crippen molar-refractivity contribution < 1.29 is 0 Å². The van der Waals surface area contributed by atoms with Gasteiger partial charge in [-0.15, -0.1) is 0 Å². The van der Waals surface area contributed by atoms with Gasteiger partial charge in [0.05, 0.1) is 10.8 Å². The number of nitrogens with one attached hydrogen (secondary N) is 1. The van der Waals surface area contributed by atoms with Crippen LogP contribution in [0.5, 0.6) is 0 Å². The van der Waals surface area contributed by atoms with Crippen molar-refractivity contribution in [2.75, 3.05) is 5.33 Å². The first-order valence-electron chi connectivity index (χ1n) is 4.17. The summed E-state index contributed by atoms with van der Waals surface area (Å²) in [5.74, 6) is 6.79. The fourth-order valence-corrected chi connectivity index (χ4v) is 1.36. The lowest BCUT2D eigenvalue weighted by atomic mass is 10.3.